The molecular formula is C24H25NO4S. The lowest BCUT2D eigenvalue weighted by molar-refractivity contribution is 0.0734. The van der Waals surface area contributed by atoms with Crippen LogP contribution in [0.25, 0.3) is 0 Å². The number of aryl methyl sites for hydroxylation is 4. The number of benzene rings is 3. The Morgan fingerprint density at radius 1 is 0.800 bits per heavy atom. The summed E-state index contributed by atoms with van der Waals surface area (Å²) in [6, 6.07) is 17.0. The van der Waals surface area contributed by atoms with E-state index in [1.165, 1.54) is 11.4 Å². The molecule has 0 aromatic heterocycles. The van der Waals surface area contributed by atoms with Crippen LogP contribution in [0.2, 0.25) is 0 Å². The van der Waals surface area contributed by atoms with Crippen molar-refractivity contribution in [1.82, 2.24) is 0 Å². The molecule has 6 heteroatoms. The predicted octanol–water partition coefficient (Wildman–Crippen LogP) is 4.96. The van der Waals surface area contributed by atoms with Gasteiger partial charge in [0, 0.05) is 7.05 Å². The zero-order chi connectivity index (χ0) is 22.1. The summed E-state index contributed by atoms with van der Waals surface area (Å²) in [5.41, 5.74) is 4.86. The lowest BCUT2D eigenvalue weighted by atomic mass is 10.1. The van der Waals surface area contributed by atoms with Gasteiger partial charge >= 0.3 is 5.97 Å². The molecule has 0 N–H and O–H groups in total. The van der Waals surface area contributed by atoms with Crippen LogP contribution in [-0.2, 0) is 10.0 Å². The van der Waals surface area contributed by atoms with Gasteiger partial charge in [0.2, 0.25) is 0 Å². The maximum Gasteiger partial charge on any atom is 0.343 e. The normalized spacial score (nSPS) is 11.2. The highest BCUT2D eigenvalue weighted by atomic mass is 32.2. The van der Waals surface area contributed by atoms with E-state index in [-0.39, 0.29) is 4.90 Å². The van der Waals surface area contributed by atoms with Crippen LogP contribution in [0.4, 0.5) is 5.69 Å². The number of rotatable bonds is 5. The monoisotopic (exact) mass is 423 g/mol. The van der Waals surface area contributed by atoms with Gasteiger partial charge in [0.05, 0.1) is 16.1 Å². The highest BCUT2D eigenvalue weighted by Crippen LogP contribution is 2.26. The molecule has 0 unspecified atom stereocenters. The third-order valence-electron chi connectivity index (χ3n) is 5.01. The second-order valence-electron chi connectivity index (χ2n) is 7.48. The van der Waals surface area contributed by atoms with Gasteiger partial charge in [0.1, 0.15) is 5.75 Å². The van der Waals surface area contributed by atoms with Gasteiger partial charge in [-0.3, -0.25) is 4.31 Å². The molecule has 156 valence electrons. The summed E-state index contributed by atoms with van der Waals surface area (Å²) in [6.45, 7) is 7.66. The van der Waals surface area contributed by atoms with Gasteiger partial charge in [-0.05, 0) is 87.4 Å². The Balaban J connectivity index is 1.79. The van der Waals surface area contributed by atoms with Crippen molar-refractivity contribution in [3.05, 3.63) is 88.5 Å². The molecule has 0 aliphatic heterocycles. The largest absolute Gasteiger partial charge is 0.423 e. The second kappa shape index (κ2) is 8.32. The molecule has 3 rings (SSSR count). The van der Waals surface area contributed by atoms with Crippen molar-refractivity contribution >= 4 is 21.7 Å². The molecule has 0 spiro atoms. The fraction of sp³-hybridized carbons (Fsp3) is 0.208. The summed E-state index contributed by atoms with van der Waals surface area (Å²) in [5.74, 6) is -0.106. The lowest BCUT2D eigenvalue weighted by Gasteiger charge is -2.20. The molecule has 0 heterocycles. The van der Waals surface area contributed by atoms with Gasteiger partial charge in [0.25, 0.3) is 10.0 Å². The first-order chi connectivity index (χ1) is 14.1. The van der Waals surface area contributed by atoms with Crippen LogP contribution in [0.15, 0.2) is 65.6 Å². The second-order valence-corrected chi connectivity index (χ2v) is 9.45. The summed E-state index contributed by atoms with van der Waals surface area (Å²) < 4.78 is 32.5. The van der Waals surface area contributed by atoms with Gasteiger partial charge in [0.15, 0.2) is 0 Å². The van der Waals surface area contributed by atoms with Crippen molar-refractivity contribution in [3.8, 4) is 5.75 Å². The van der Waals surface area contributed by atoms with Gasteiger partial charge in [-0.15, -0.1) is 0 Å². The van der Waals surface area contributed by atoms with Crippen LogP contribution >= 0.6 is 0 Å². The van der Waals surface area contributed by atoms with Crippen molar-refractivity contribution in [1.29, 1.82) is 0 Å². The minimum absolute atomic E-state index is 0.235. The lowest BCUT2D eigenvalue weighted by Crippen LogP contribution is -2.26. The van der Waals surface area contributed by atoms with E-state index in [1.807, 2.05) is 33.8 Å². The average Bonchev–Trinajstić information content (AvgIpc) is 2.69. The summed E-state index contributed by atoms with van der Waals surface area (Å²) in [4.78, 5) is 12.6. The fourth-order valence-electron chi connectivity index (χ4n) is 3.15. The quantitative estimate of drug-likeness (QED) is 0.430. The summed E-state index contributed by atoms with van der Waals surface area (Å²) in [5, 5.41) is 0. The molecule has 3 aromatic carbocycles. The Kier molecular flexibility index (Phi) is 5.99. The third kappa shape index (κ3) is 4.54. The first-order valence-corrected chi connectivity index (χ1v) is 11.0. The smallest absolute Gasteiger partial charge is 0.343 e. The molecule has 0 radical (unpaired) electrons. The minimum atomic E-state index is -3.69. The maximum atomic E-state index is 12.9. The van der Waals surface area contributed by atoms with Crippen molar-refractivity contribution in [2.75, 3.05) is 11.4 Å². The number of ether oxygens (including phenoxy) is 1. The number of sulfonamides is 1. The zero-order valence-corrected chi connectivity index (χ0v) is 18.6. The van der Waals surface area contributed by atoms with E-state index >= 15 is 0 Å². The van der Waals surface area contributed by atoms with E-state index in [4.69, 9.17) is 4.74 Å². The van der Waals surface area contributed by atoms with E-state index in [0.717, 1.165) is 22.3 Å². The fourth-order valence-corrected chi connectivity index (χ4v) is 4.44. The number of esters is 1. The Morgan fingerprint density at radius 3 is 1.97 bits per heavy atom. The van der Waals surface area contributed by atoms with Crippen LogP contribution in [0, 0.1) is 27.7 Å². The Bertz CT molecular complexity index is 1180. The molecule has 3 aromatic rings. The predicted molar refractivity (Wildman–Crippen MR) is 119 cm³/mol. The maximum absolute atomic E-state index is 12.9. The topological polar surface area (TPSA) is 63.7 Å². The first kappa shape index (κ1) is 21.6. The summed E-state index contributed by atoms with van der Waals surface area (Å²) in [6.07, 6.45) is 0. The van der Waals surface area contributed by atoms with E-state index < -0.39 is 16.0 Å². The highest BCUT2D eigenvalue weighted by molar-refractivity contribution is 7.92. The number of hydrogen-bond acceptors (Lipinski definition) is 4. The standard InChI is InChI=1S/C24H25NO4S/c1-16-12-17(2)14-20(13-16)24(26)29-22-9-7-21(8-10-22)25(5)30(27,28)23-11-6-18(3)19(4)15-23/h6-15H,1-5H3. The van der Waals surface area contributed by atoms with E-state index in [2.05, 4.69) is 0 Å². The number of carbonyl (C=O) groups is 1. The van der Waals surface area contributed by atoms with Gasteiger partial charge in [-0.2, -0.15) is 0 Å². The Morgan fingerprint density at radius 2 is 1.40 bits per heavy atom. The van der Waals surface area contributed by atoms with E-state index in [1.54, 1.807) is 54.6 Å². The van der Waals surface area contributed by atoms with Crippen molar-refractivity contribution < 1.29 is 17.9 Å². The average molecular weight is 424 g/mol. The van der Waals surface area contributed by atoms with Crippen LogP contribution in [-0.4, -0.2) is 21.4 Å². The molecule has 0 saturated heterocycles. The molecule has 0 atom stereocenters. The molecule has 30 heavy (non-hydrogen) atoms. The zero-order valence-electron chi connectivity index (χ0n) is 17.8. The third-order valence-corrected chi connectivity index (χ3v) is 6.79. The van der Waals surface area contributed by atoms with Crippen LogP contribution in [0.5, 0.6) is 5.75 Å². The molecule has 0 saturated carbocycles. The van der Waals surface area contributed by atoms with Crippen LogP contribution in [0.1, 0.15) is 32.6 Å². The van der Waals surface area contributed by atoms with E-state index in [9.17, 15) is 13.2 Å². The summed E-state index contributed by atoms with van der Waals surface area (Å²) >= 11 is 0. The Hall–Kier alpha value is -3.12. The van der Waals surface area contributed by atoms with Crippen LogP contribution < -0.4 is 9.04 Å². The first-order valence-electron chi connectivity index (χ1n) is 9.54. The molecule has 0 aliphatic carbocycles. The minimum Gasteiger partial charge on any atom is -0.423 e. The van der Waals surface area contributed by atoms with Gasteiger partial charge < -0.3 is 4.74 Å². The van der Waals surface area contributed by atoms with Gasteiger partial charge in [-0.1, -0.05) is 23.3 Å². The van der Waals surface area contributed by atoms with Crippen LogP contribution in [0.3, 0.4) is 0 Å². The van der Waals surface area contributed by atoms with Crippen molar-refractivity contribution in [3.63, 3.8) is 0 Å². The number of nitrogens with zero attached hydrogens (tertiary/aromatic N) is 1. The molecule has 0 fully saturated rings. The van der Waals surface area contributed by atoms with Crippen molar-refractivity contribution in [2.24, 2.45) is 0 Å². The number of hydrogen-bond donors (Lipinski definition) is 0. The SMILES string of the molecule is Cc1cc(C)cc(C(=O)Oc2ccc(N(C)S(=O)(=O)c3ccc(C)c(C)c3)cc2)c1. The highest BCUT2D eigenvalue weighted by Gasteiger charge is 2.22. The summed E-state index contributed by atoms with van der Waals surface area (Å²) in [7, 11) is -2.19. The molecule has 5 nitrogen and oxygen atoms in total. The van der Waals surface area contributed by atoms with Crippen molar-refractivity contribution in [2.45, 2.75) is 32.6 Å². The molecule has 0 amide bonds. The number of anilines is 1. The number of carbonyl (C=O) groups excluding carboxylic acids is 1. The molecule has 0 aliphatic rings. The molecule has 0 bridgehead atoms. The van der Waals surface area contributed by atoms with Gasteiger partial charge in [-0.25, -0.2) is 13.2 Å². The van der Waals surface area contributed by atoms with E-state index in [0.29, 0.717) is 17.0 Å². The molecular weight excluding hydrogens is 398 g/mol. The Labute approximate surface area is 178 Å².